The van der Waals surface area contributed by atoms with Crippen LogP contribution in [0.1, 0.15) is 25.0 Å². The largest absolute Gasteiger partial charge is 0.310 e. The zero-order valence-corrected chi connectivity index (χ0v) is 28.9. The molecule has 0 atom stereocenters. The molecule has 0 fully saturated rings. The van der Waals surface area contributed by atoms with E-state index in [0.717, 1.165) is 44.8 Å². The number of hydrogen-bond acceptors (Lipinski definition) is 6. The summed E-state index contributed by atoms with van der Waals surface area (Å²) in [5.41, 5.74) is 11.4. The van der Waals surface area contributed by atoms with Gasteiger partial charge in [0.05, 0.1) is 22.6 Å². The molecule has 0 unspecified atom stereocenters. The summed E-state index contributed by atoms with van der Waals surface area (Å²) in [6.45, 7) is 4.71. The van der Waals surface area contributed by atoms with E-state index in [9.17, 15) is 0 Å². The smallest absolute Gasteiger partial charge is 0.179 e. The van der Waals surface area contributed by atoms with Gasteiger partial charge in [0.25, 0.3) is 0 Å². The van der Waals surface area contributed by atoms with Gasteiger partial charge in [-0.15, -0.1) is 11.3 Å². The molecule has 0 amide bonds. The first-order chi connectivity index (χ1) is 25.0. The minimum Gasteiger partial charge on any atom is -0.310 e. The third kappa shape index (κ3) is 4.75. The van der Waals surface area contributed by atoms with Gasteiger partial charge in [0, 0.05) is 49.1 Å². The van der Waals surface area contributed by atoms with Crippen LogP contribution in [0.3, 0.4) is 0 Å². The van der Waals surface area contributed by atoms with E-state index in [1.807, 2.05) is 47.7 Å². The van der Waals surface area contributed by atoms with E-state index in [2.05, 4.69) is 132 Å². The molecule has 0 saturated carbocycles. The highest BCUT2D eigenvalue weighted by Crippen LogP contribution is 2.54. The Morgan fingerprint density at radius 2 is 1.25 bits per heavy atom. The number of nitrogens with zero attached hydrogens (tertiary/aromatic N) is 5. The molecule has 1 aliphatic rings. The van der Waals surface area contributed by atoms with E-state index >= 15 is 0 Å². The van der Waals surface area contributed by atoms with Crippen molar-refractivity contribution in [2.75, 3.05) is 4.90 Å². The van der Waals surface area contributed by atoms with Gasteiger partial charge in [-0.05, 0) is 95.1 Å². The Morgan fingerprint density at radius 3 is 2.06 bits per heavy atom. The molecule has 9 aromatic rings. The number of pyridine rings is 2. The summed E-state index contributed by atoms with van der Waals surface area (Å²) in [4.78, 5) is 21.6. The molecule has 5 heterocycles. The van der Waals surface area contributed by atoms with Crippen LogP contribution in [0.5, 0.6) is 0 Å². The van der Waals surface area contributed by atoms with Crippen molar-refractivity contribution in [2.24, 2.45) is 0 Å². The molecular weight excluding hydrogens is 643 g/mol. The van der Waals surface area contributed by atoms with Gasteiger partial charge in [0.15, 0.2) is 5.82 Å². The Morgan fingerprint density at radius 1 is 0.529 bits per heavy atom. The quantitative estimate of drug-likeness (QED) is 0.186. The van der Waals surface area contributed by atoms with Crippen LogP contribution < -0.4 is 4.90 Å². The highest BCUT2D eigenvalue weighted by atomic mass is 32.1. The van der Waals surface area contributed by atoms with Crippen LogP contribution in [0.15, 0.2) is 152 Å². The number of anilines is 3. The monoisotopic (exact) mass is 673 g/mol. The maximum absolute atomic E-state index is 5.00. The van der Waals surface area contributed by atoms with Gasteiger partial charge in [-0.1, -0.05) is 80.6 Å². The van der Waals surface area contributed by atoms with Gasteiger partial charge in [-0.3, -0.25) is 9.97 Å². The van der Waals surface area contributed by atoms with Crippen molar-refractivity contribution in [3.05, 3.63) is 163 Å². The van der Waals surface area contributed by atoms with E-state index in [1.54, 1.807) is 12.4 Å². The van der Waals surface area contributed by atoms with Gasteiger partial charge in [-0.2, -0.15) is 0 Å². The van der Waals surface area contributed by atoms with E-state index in [1.165, 1.54) is 42.7 Å². The van der Waals surface area contributed by atoms with Crippen molar-refractivity contribution in [3.63, 3.8) is 0 Å². The fourth-order valence-corrected chi connectivity index (χ4v) is 8.74. The summed E-state index contributed by atoms with van der Waals surface area (Å²) >= 11 is 1.87. The minimum absolute atomic E-state index is 0.158. The summed E-state index contributed by atoms with van der Waals surface area (Å²) in [5, 5.41) is 3.60. The number of hydrogen-bond donors (Lipinski definition) is 0. The number of fused-ring (bicyclic) bond motifs is 6. The Kier molecular flexibility index (Phi) is 6.63. The van der Waals surface area contributed by atoms with E-state index in [-0.39, 0.29) is 5.41 Å². The van der Waals surface area contributed by atoms with Crippen molar-refractivity contribution >= 4 is 59.5 Å². The molecule has 5 aromatic carbocycles. The molecule has 51 heavy (non-hydrogen) atoms. The zero-order valence-electron chi connectivity index (χ0n) is 28.1. The van der Waals surface area contributed by atoms with Crippen molar-refractivity contribution in [2.45, 2.75) is 19.3 Å². The SMILES string of the molecule is CC1(C)c2ccccc2N(c2ccc(-c3ccc4c(-c5ccccn5)nc(-c5ccccn5)nc4c3)cc2)c2cc3sc4ccccc4c3cc21. The van der Waals surface area contributed by atoms with Crippen LogP contribution in [0.2, 0.25) is 0 Å². The lowest BCUT2D eigenvalue weighted by Gasteiger charge is -2.42. The van der Waals surface area contributed by atoms with Crippen LogP contribution in [0.4, 0.5) is 17.1 Å². The van der Waals surface area contributed by atoms with Crippen LogP contribution in [0, 0.1) is 0 Å². The predicted molar refractivity (Wildman–Crippen MR) is 211 cm³/mol. The van der Waals surface area contributed by atoms with Crippen LogP contribution in [0.25, 0.3) is 65.1 Å². The van der Waals surface area contributed by atoms with E-state index in [0.29, 0.717) is 5.82 Å². The summed E-state index contributed by atoms with van der Waals surface area (Å²) in [6.07, 6.45) is 3.57. The molecule has 6 heteroatoms. The molecule has 0 N–H and O–H groups in total. The Balaban J connectivity index is 1.10. The molecular formula is C45H31N5S. The van der Waals surface area contributed by atoms with Crippen LogP contribution >= 0.6 is 11.3 Å². The molecule has 1 aliphatic heterocycles. The topological polar surface area (TPSA) is 54.8 Å². The zero-order chi connectivity index (χ0) is 34.1. The fraction of sp³-hybridized carbons (Fsp3) is 0.0667. The van der Waals surface area contributed by atoms with Gasteiger partial charge in [0.2, 0.25) is 0 Å². The third-order valence-electron chi connectivity index (χ3n) is 10.2. The van der Waals surface area contributed by atoms with Gasteiger partial charge >= 0.3 is 0 Å². The van der Waals surface area contributed by atoms with Crippen molar-refractivity contribution in [1.29, 1.82) is 0 Å². The molecule has 0 radical (unpaired) electrons. The van der Waals surface area contributed by atoms with E-state index in [4.69, 9.17) is 9.97 Å². The Bertz CT molecular complexity index is 2770. The lowest BCUT2D eigenvalue weighted by Crippen LogP contribution is -2.30. The average Bonchev–Trinajstić information content (AvgIpc) is 3.55. The van der Waals surface area contributed by atoms with Crippen LogP contribution in [-0.2, 0) is 5.41 Å². The van der Waals surface area contributed by atoms with Gasteiger partial charge < -0.3 is 4.90 Å². The molecule has 5 nitrogen and oxygen atoms in total. The lowest BCUT2D eigenvalue weighted by atomic mass is 9.73. The molecule has 10 rings (SSSR count). The van der Waals surface area contributed by atoms with Gasteiger partial charge in [-0.25, -0.2) is 9.97 Å². The summed E-state index contributed by atoms with van der Waals surface area (Å²) in [6, 6.07) is 49.5. The molecule has 242 valence electrons. The number of benzene rings is 5. The first-order valence-corrected chi connectivity index (χ1v) is 17.9. The lowest BCUT2D eigenvalue weighted by molar-refractivity contribution is 0.633. The number of rotatable bonds is 4. The highest BCUT2D eigenvalue weighted by molar-refractivity contribution is 7.25. The first-order valence-electron chi connectivity index (χ1n) is 17.1. The minimum atomic E-state index is -0.158. The predicted octanol–water partition coefficient (Wildman–Crippen LogP) is 11.9. The maximum atomic E-state index is 5.00. The summed E-state index contributed by atoms with van der Waals surface area (Å²) in [5.74, 6) is 0.578. The number of aromatic nitrogens is 4. The van der Waals surface area contributed by atoms with Gasteiger partial charge in [0.1, 0.15) is 11.4 Å². The number of thiophene rings is 1. The van der Waals surface area contributed by atoms with Crippen LogP contribution in [-0.4, -0.2) is 19.9 Å². The normalized spacial score (nSPS) is 13.4. The van der Waals surface area contributed by atoms with E-state index < -0.39 is 0 Å². The first kappa shape index (κ1) is 29.7. The Hall–Kier alpha value is -6.24. The molecule has 0 saturated heterocycles. The van der Waals surface area contributed by atoms with Crippen molar-refractivity contribution < 1.29 is 0 Å². The highest BCUT2D eigenvalue weighted by Gasteiger charge is 2.37. The second-order valence-electron chi connectivity index (χ2n) is 13.5. The maximum Gasteiger partial charge on any atom is 0.179 e. The summed E-state index contributed by atoms with van der Waals surface area (Å²) < 4.78 is 2.63. The fourth-order valence-electron chi connectivity index (χ4n) is 7.62. The standard InChI is InChI=1S/C45H31N5S/c1-45(2)34-12-4-5-15-39(34)50(40-27-42-33(26-35(40)45)31-11-3-6-16-41(31)51-42)30-20-17-28(18-21-30)29-19-22-32-38(25-29)48-44(37-14-8-10-24-47-37)49-43(32)36-13-7-9-23-46-36/h3-27H,1-2H3. The molecule has 0 spiro atoms. The second-order valence-corrected chi connectivity index (χ2v) is 14.6. The summed E-state index contributed by atoms with van der Waals surface area (Å²) in [7, 11) is 0. The second kappa shape index (κ2) is 11.4. The molecule has 0 aliphatic carbocycles. The average molecular weight is 674 g/mol. The molecule has 4 aromatic heterocycles. The Labute approximate surface area is 299 Å². The number of para-hydroxylation sites is 1. The third-order valence-corrected chi connectivity index (χ3v) is 11.3. The van der Waals surface area contributed by atoms with Crippen molar-refractivity contribution in [3.8, 4) is 34.0 Å². The van der Waals surface area contributed by atoms with Crippen molar-refractivity contribution in [1.82, 2.24) is 19.9 Å². The molecule has 0 bridgehead atoms.